The van der Waals surface area contributed by atoms with Crippen molar-refractivity contribution < 1.29 is 4.74 Å². The van der Waals surface area contributed by atoms with Crippen molar-refractivity contribution in [1.29, 1.82) is 5.26 Å². The first-order chi connectivity index (χ1) is 5.86. The van der Waals surface area contributed by atoms with E-state index in [-0.39, 0.29) is 6.10 Å². The van der Waals surface area contributed by atoms with Crippen LogP contribution in [0.1, 0.15) is 19.8 Å². The van der Waals surface area contributed by atoms with Crippen LogP contribution in [0.5, 0.6) is 0 Å². The molecule has 0 aromatic carbocycles. The number of nitriles is 1. The van der Waals surface area contributed by atoms with Crippen molar-refractivity contribution in [3.63, 3.8) is 0 Å². The van der Waals surface area contributed by atoms with Crippen molar-refractivity contribution in [3.05, 3.63) is 0 Å². The lowest BCUT2D eigenvalue weighted by Gasteiger charge is -2.11. The molecule has 1 N–H and O–H groups in total. The molecule has 0 aromatic rings. The van der Waals surface area contributed by atoms with E-state index in [1.54, 1.807) is 0 Å². The predicted molar refractivity (Wildman–Crippen MR) is 46.6 cm³/mol. The Hall–Kier alpha value is -0.590. The summed E-state index contributed by atoms with van der Waals surface area (Å²) in [5.74, 6) is 0.618. The lowest BCUT2D eigenvalue weighted by molar-refractivity contribution is 0.0637. The molecule has 1 heterocycles. The molecule has 1 aliphatic heterocycles. The Labute approximate surface area is 73.7 Å². The van der Waals surface area contributed by atoms with Gasteiger partial charge in [-0.15, -0.1) is 0 Å². The largest absolute Gasteiger partial charge is 0.363 e. The average Bonchev–Trinajstić information content (AvgIpc) is 2.59. The molecule has 3 nitrogen and oxygen atoms in total. The molecule has 1 aliphatic rings. The van der Waals surface area contributed by atoms with Gasteiger partial charge in [-0.25, -0.2) is 0 Å². The minimum Gasteiger partial charge on any atom is -0.363 e. The molecule has 3 heteroatoms. The van der Waals surface area contributed by atoms with E-state index in [0.29, 0.717) is 5.92 Å². The summed E-state index contributed by atoms with van der Waals surface area (Å²) in [6.07, 6.45) is 1.77. The molecule has 1 fully saturated rings. The number of rotatable bonds is 4. The lowest BCUT2D eigenvalue weighted by Crippen LogP contribution is -2.18. The molecule has 0 bridgehead atoms. The topological polar surface area (TPSA) is 45.0 Å². The first kappa shape index (κ1) is 9.50. The van der Waals surface area contributed by atoms with Crippen LogP contribution in [-0.2, 0) is 4.74 Å². The van der Waals surface area contributed by atoms with Gasteiger partial charge in [0.25, 0.3) is 0 Å². The Bertz CT molecular complexity index is 158. The van der Waals surface area contributed by atoms with Crippen LogP contribution in [-0.4, -0.2) is 25.8 Å². The molecule has 0 saturated carbocycles. The Balaban J connectivity index is 2.11. The van der Waals surface area contributed by atoms with Gasteiger partial charge in [-0.3, -0.25) is 0 Å². The maximum Gasteiger partial charge on any atom is 0.143 e. The third-order valence-corrected chi connectivity index (χ3v) is 2.21. The fourth-order valence-electron chi connectivity index (χ4n) is 1.36. The van der Waals surface area contributed by atoms with Crippen molar-refractivity contribution in [2.24, 2.45) is 5.92 Å². The maximum atomic E-state index is 8.61. The van der Waals surface area contributed by atoms with E-state index >= 15 is 0 Å². The summed E-state index contributed by atoms with van der Waals surface area (Å²) in [4.78, 5) is 0. The summed E-state index contributed by atoms with van der Waals surface area (Å²) in [5, 5.41) is 11.9. The molecule has 1 saturated heterocycles. The van der Waals surface area contributed by atoms with Gasteiger partial charge in [0, 0.05) is 6.54 Å². The molecule has 0 aliphatic carbocycles. The van der Waals surface area contributed by atoms with Crippen LogP contribution in [0.15, 0.2) is 0 Å². The van der Waals surface area contributed by atoms with E-state index in [1.807, 2.05) is 6.92 Å². The maximum absolute atomic E-state index is 8.61. The standard InChI is InChI=1S/C9H16N2O/c1-2-9(5-10)12-7-8-3-4-11-6-8/h8-9,11H,2-4,6-7H2,1H3. The predicted octanol–water partition coefficient (Wildman–Crippen LogP) is 0.915. The third kappa shape index (κ3) is 2.80. The van der Waals surface area contributed by atoms with Crippen molar-refractivity contribution in [1.82, 2.24) is 5.32 Å². The Kier molecular flexibility index (Phi) is 4.06. The molecular weight excluding hydrogens is 152 g/mol. The number of nitrogens with zero attached hydrogens (tertiary/aromatic N) is 1. The van der Waals surface area contributed by atoms with Crippen LogP contribution in [0.2, 0.25) is 0 Å². The summed E-state index contributed by atoms with van der Waals surface area (Å²) in [6, 6.07) is 2.13. The normalized spacial score (nSPS) is 25.2. The zero-order valence-electron chi connectivity index (χ0n) is 7.55. The zero-order valence-corrected chi connectivity index (χ0v) is 7.55. The van der Waals surface area contributed by atoms with Crippen LogP contribution in [0, 0.1) is 17.2 Å². The highest BCUT2D eigenvalue weighted by molar-refractivity contribution is 4.83. The molecule has 1 rings (SSSR count). The van der Waals surface area contributed by atoms with Gasteiger partial charge in [0.2, 0.25) is 0 Å². The number of nitrogens with one attached hydrogen (secondary N) is 1. The zero-order chi connectivity index (χ0) is 8.81. The van der Waals surface area contributed by atoms with E-state index in [4.69, 9.17) is 10.00 Å². The fraction of sp³-hybridized carbons (Fsp3) is 0.889. The number of ether oxygens (including phenoxy) is 1. The molecule has 0 radical (unpaired) electrons. The SMILES string of the molecule is CCC(C#N)OCC1CCNC1. The third-order valence-electron chi connectivity index (χ3n) is 2.21. The van der Waals surface area contributed by atoms with E-state index in [0.717, 1.165) is 26.1 Å². The smallest absolute Gasteiger partial charge is 0.143 e. The summed E-state index contributed by atoms with van der Waals surface area (Å²) in [6.45, 7) is 4.85. The van der Waals surface area contributed by atoms with Crippen molar-refractivity contribution >= 4 is 0 Å². The van der Waals surface area contributed by atoms with Gasteiger partial charge in [0.1, 0.15) is 6.10 Å². The highest BCUT2D eigenvalue weighted by Crippen LogP contribution is 2.09. The van der Waals surface area contributed by atoms with Gasteiger partial charge >= 0.3 is 0 Å². The first-order valence-corrected chi connectivity index (χ1v) is 4.58. The van der Waals surface area contributed by atoms with Crippen molar-refractivity contribution in [2.75, 3.05) is 19.7 Å². The van der Waals surface area contributed by atoms with E-state index in [1.165, 1.54) is 6.42 Å². The highest BCUT2D eigenvalue weighted by atomic mass is 16.5. The summed E-state index contributed by atoms with van der Waals surface area (Å²) < 4.78 is 5.42. The van der Waals surface area contributed by atoms with Crippen LogP contribution >= 0.6 is 0 Å². The summed E-state index contributed by atoms with van der Waals surface area (Å²) in [5.41, 5.74) is 0. The highest BCUT2D eigenvalue weighted by Gasteiger charge is 2.16. The van der Waals surface area contributed by atoms with Gasteiger partial charge < -0.3 is 10.1 Å². The Morgan fingerprint density at radius 2 is 2.58 bits per heavy atom. The molecule has 0 amide bonds. The molecule has 0 aromatic heterocycles. The van der Waals surface area contributed by atoms with Crippen LogP contribution in [0.25, 0.3) is 0 Å². The summed E-state index contributed by atoms with van der Waals surface area (Å²) >= 11 is 0. The molecular formula is C9H16N2O. The van der Waals surface area contributed by atoms with Gasteiger partial charge in [0.15, 0.2) is 0 Å². The average molecular weight is 168 g/mol. The Morgan fingerprint density at radius 3 is 3.08 bits per heavy atom. The first-order valence-electron chi connectivity index (χ1n) is 4.58. The van der Waals surface area contributed by atoms with Gasteiger partial charge in [-0.1, -0.05) is 6.92 Å². The minimum atomic E-state index is -0.203. The number of hydrogen-bond acceptors (Lipinski definition) is 3. The van der Waals surface area contributed by atoms with Crippen LogP contribution in [0.4, 0.5) is 0 Å². The molecule has 0 spiro atoms. The van der Waals surface area contributed by atoms with Crippen molar-refractivity contribution in [2.45, 2.75) is 25.9 Å². The van der Waals surface area contributed by atoms with Gasteiger partial charge in [0.05, 0.1) is 12.7 Å². The van der Waals surface area contributed by atoms with E-state index in [9.17, 15) is 0 Å². The monoisotopic (exact) mass is 168 g/mol. The van der Waals surface area contributed by atoms with Crippen LogP contribution < -0.4 is 5.32 Å². The van der Waals surface area contributed by atoms with Gasteiger partial charge in [-0.05, 0) is 25.3 Å². The van der Waals surface area contributed by atoms with Gasteiger partial charge in [-0.2, -0.15) is 5.26 Å². The second kappa shape index (κ2) is 5.13. The fourth-order valence-corrected chi connectivity index (χ4v) is 1.36. The second-order valence-corrected chi connectivity index (χ2v) is 3.22. The quantitative estimate of drug-likeness (QED) is 0.678. The van der Waals surface area contributed by atoms with E-state index in [2.05, 4.69) is 11.4 Å². The molecule has 68 valence electrons. The van der Waals surface area contributed by atoms with E-state index < -0.39 is 0 Å². The Morgan fingerprint density at radius 1 is 1.75 bits per heavy atom. The number of hydrogen-bond donors (Lipinski definition) is 1. The van der Waals surface area contributed by atoms with Crippen molar-refractivity contribution in [3.8, 4) is 6.07 Å². The second-order valence-electron chi connectivity index (χ2n) is 3.22. The molecule has 2 unspecified atom stereocenters. The lowest BCUT2D eigenvalue weighted by atomic mass is 10.1. The minimum absolute atomic E-state index is 0.203. The summed E-state index contributed by atoms with van der Waals surface area (Å²) in [7, 11) is 0. The molecule has 12 heavy (non-hydrogen) atoms. The van der Waals surface area contributed by atoms with Crippen LogP contribution in [0.3, 0.4) is 0 Å². The molecule has 2 atom stereocenters.